The zero-order valence-electron chi connectivity index (χ0n) is 30.2. The van der Waals surface area contributed by atoms with Crippen LogP contribution in [0.5, 0.6) is 11.5 Å². The van der Waals surface area contributed by atoms with Crippen LogP contribution in [0.3, 0.4) is 0 Å². The van der Waals surface area contributed by atoms with Gasteiger partial charge in [-0.25, -0.2) is 9.37 Å². The van der Waals surface area contributed by atoms with Gasteiger partial charge >= 0.3 is 0 Å². The zero-order valence-corrected chi connectivity index (χ0v) is 30.2. The van der Waals surface area contributed by atoms with Gasteiger partial charge in [0.2, 0.25) is 0 Å². The van der Waals surface area contributed by atoms with Gasteiger partial charge in [0.25, 0.3) is 11.7 Å². The fourth-order valence-corrected chi connectivity index (χ4v) is 7.72. The van der Waals surface area contributed by atoms with Crippen molar-refractivity contribution in [1.29, 1.82) is 5.26 Å². The van der Waals surface area contributed by atoms with Gasteiger partial charge < -0.3 is 24.1 Å². The zero-order chi connectivity index (χ0) is 37.1. The number of anilines is 1. The topological polar surface area (TPSA) is 130 Å². The molecule has 3 aliphatic heterocycles. The number of aromatic nitrogens is 4. The lowest BCUT2D eigenvalue weighted by Gasteiger charge is -2.29. The Morgan fingerprint density at radius 1 is 1.13 bits per heavy atom. The number of para-hydroxylation sites is 1. The van der Waals surface area contributed by atoms with Gasteiger partial charge in [-0.05, 0) is 92.4 Å². The normalized spacial score (nSPS) is 19.5. The number of fused-ring (bicyclic) bond motifs is 3. The number of benzene rings is 4. The van der Waals surface area contributed by atoms with Crippen LogP contribution in [0, 0.1) is 31.0 Å². The third-order valence-electron chi connectivity index (χ3n) is 10.8. The molecule has 12 heteroatoms. The third kappa shape index (κ3) is 5.95. The number of hydrogen-bond donors (Lipinski definition) is 2. The van der Waals surface area contributed by atoms with E-state index in [1.54, 1.807) is 19.1 Å². The number of halogens is 1. The summed E-state index contributed by atoms with van der Waals surface area (Å²) in [6.45, 7) is 9.19. The maximum absolute atomic E-state index is 15.1. The van der Waals surface area contributed by atoms with Crippen LogP contribution in [0.1, 0.15) is 63.9 Å². The van der Waals surface area contributed by atoms with Crippen molar-refractivity contribution in [2.75, 3.05) is 25.0 Å². The fourth-order valence-electron chi connectivity index (χ4n) is 7.72. The average molecular weight is 724 g/mol. The molecule has 2 N–H and O–H groups in total. The molecule has 5 heterocycles. The van der Waals surface area contributed by atoms with Gasteiger partial charge in [-0.15, -0.1) is 0 Å². The van der Waals surface area contributed by atoms with Crippen molar-refractivity contribution in [3.05, 3.63) is 118 Å². The van der Waals surface area contributed by atoms with Gasteiger partial charge in [0.15, 0.2) is 11.5 Å². The molecule has 2 aromatic heterocycles. The third-order valence-corrected chi connectivity index (χ3v) is 10.8. The summed E-state index contributed by atoms with van der Waals surface area (Å²) in [4.78, 5) is 20.9. The van der Waals surface area contributed by atoms with E-state index < -0.39 is 11.6 Å². The van der Waals surface area contributed by atoms with Gasteiger partial charge in [-0.2, -0.15) is 10.4 Å². The summed E-state index contributed by atoms with van der Waals surface area (Å²) in [5, 5.41) is 20.6. The highest BCUT2D eigenvalue weighted by Crippen LogP contribution is 2.49. The van der Waals surface area contributed by atoms with E-state index in [4.69, 9.17) is 19.2 Å². The Hall–Kier alpha value is -6.03. The number of nitrogens with zero attached hydrogens (tertiary/aromatic N) is 5. The quantitative estimate of drug-likeness (QED) is 0.165. The first-order valence-electron chi connectivity index (χ1n) is 18.2. The lowest BCUT2D eigenvalue weighted by Crippen LogP contribution is -2.33. The van der Waals surface area contributed by atoms with Gasteiger partial charge in [0.1, 0.15) is 11.6 Å². The smallest absolute Gasteiger partial charge is 0.278 e. The number of nitriles is 1. The van der Waals surface area contributed by atoms with Gasteiger partial charge in [0, 0.05) is 48.8 Å². The molecule has 11 nitrogen and oxygen atoms in total. The second kappa shape index (κ2) is 13.1. The second-order valence-electron chi connectivity index (χ2n) is 14.4. The number of hydrogen-bond acceptors (Lipinski definition) is 8. The summed E-state index contributed by atoms with van der Waals surface area (Å²) in [5.41, 5.74) is 8.35. The summed E-state index contributed by atoms with van der Waals surface area (Å²) >= 11 is 0. The highest BCUT2D eigenvalue weighted by Gasteiger charge is 2.42. The number of rotatable bonds is 8. The maximum Gasteiger partial charge on any atom is 0.278 e. The molecule has 1 amide bonds. The molecular weight excluding hydrogens is 686 g/mol. The van der Waals surface area contributed by atoms with Crippen molar-refractivity contribution >= 4 is 39.1 Å². The van der Waals surface area contributed by atoms with Crippen molar-refractivity contribution in [1.82, 2.24) is 24.6 Å². The Balaban J connectivity index is 0.939. The molecule has 0 bridgehead atoms. The largest absolute Gasteiger partial charge is 0.444 e. The van der Waals surface area contributed by atoms with Crippen molar-refractivity contribution in [2.24, 2.45) is 0 Å². The first-order chi connectivity index (χ1) is 26.2. The molecule has 2 atom stereocenters. The van der Waals surface area contributed by atoms with Gasteiger partial charge in [-0.3, -0.25) is 14.8 Å². The Kier molecular flexibility index (Phi) is 8.21. The molecule has 4 aromatic carbocycles. The monoisotopic (exact) mass is 723 g/mol. The molecule has 0 aliphatic carbocycles. The molecule has 6 aromatic rings. The van der Waals surface area contributed by atoms with E-state index in [9.17, 15) is 10.1 Å². The van der Waals surface area contributed by atoms with E-state index in [1.165, 1.54) is 6.07 Å². The van der Waals surface area contributed by atoms with Crippen LogP contribution in [0.4, 0.5) is 10.1 Å². The minimum atomic E-state index is -1.37. The first-order valence-corrected chi connectivity index (χ1v) is 18.2. The highest BCUT2D eigenvalue weighted by atomic mass is 19.1. The predicted octanol–water partition coefficient (Wildman–Crippen LogP) is 7.51. The molecule has 0 spiro atoms. The van der Waals surface area contributed by atoms with E-state index in [0.717, 1.165) is 76.1 Å². The standard InChI is InChI=1S/C42H38FN7O4/c1-24-17-29(20-32-25(2)47-48-39(24)32)45-41(51)28-8-10-36-35(19-28)46-38(50(36)22-30-13-16-52-30)23-49-14-11-27(12-15-49)31-5-4-6-37-40(31)54-42(3,53-37)33-9-7-26(21-44)18-34(33)43/h4-11,17-20,30H,12-16,22-23H2,1-3H3,(H,45,51)(H,47,48). The number of carbonyl (C=O) groups excluding carboxylic acids is 1. The van der Waals surface area contributed by atoms with E-state index in [-0.39, 0.29) is 23.1 Å². The molecule has 3 aliphatic rings. The van der Waals surface area contributed by atoms with E-state index in [2.05, 4.69) is 31.1 Å². The fraction of sp³-hybridized carbons (Fsp3) is 0.286. The van der Waals surface area contributed by atoms with Crippen LogP contribution in [0.15, 0.2) is 72.8 Å². The summed E-state index contributed by atoms with van der Waals surface area (Å²) in [6.07, 6.45) is 4.10. The van der Waals surface area contributed by atoms with Crippen molar-refractivity contribution < 1.29 is 23.4 Å². The van der Waals surface area contributed by atoms with Crippen LogP contribution >= 0.6 is 0 Å². The first kappa shape index (κ1) is 33.8. The van der Waals surface area contributed by atoms with Crippen LogP contribution in [-0.4, -0.2) is 56.4 Å². The number of aryl methyl sites for hydroxylation is 2. The lowest BCUT2D eigenvalue weighted by atomic mass is 9.98. The molecule has 9 rings (SSSR count). The Morgan fingerprint density at radius 3 is 2.76 bits per heavy atom. The van der Waals surface area contributed by atoms with E-state index in [0.29, 0.717) is 42.4 Å². The SMILES string of the molecule is Cc1n[nH]c2c(C)cc(NC(=O)c3ccc4c(c3)nc(CN3CC=C(c5cccc6c5OC(C)(c5ccc(C#N)cc5F)O6)CC3)n4CC3CCO3)cc12. The highest BCUT2D eigenvalue weighted by molar-refractivity contribution is 6.07. The van der Waals surface area contributed by atoms with Crippen LogP contribution in [0.25, 0.3) is 27.5 Å². The molecule has 0 saturated carbocycles. The van der Waals surface area contributed by atoms with Crippen LogP contribution < -0.4 is 14.8 Å². The summed E-state index contributed by atoms with van der Waals surface area (Å²) in [7, 11) is 0. The molecule has 0 radical (unpaired) electrons. The number of amides is 1. The van der Waals surface area contributed by atoms with Gasteiger partial charge in [0.05, 0.1) is 58.6 Å². The maximum atomic E-state index is 15.1. The Bertz CT molecular complexity index is 2560. The molecule has 272 valence electrons. The average Bonchev–Trinajstić information content (AvgIpc) is 3.81. The minimum absolute atomic E-state index is 0.132. The number of nitrogens with one attached hydrogen (secondary N) is 2. The molecule has 1 saturated heterocycles. The van der Waals surface area contributed by atoms with Crippen LogP contribution in [0.2, 0.25) is 0 Å². The number of H-pyrrole nitrogens is 1. The minimum Gasteiger partial charge on any atom is -0.444 e. The Labute approximate surface area is 311 Å². The molecule has 54 heavy (non-hydrogen) atoms. The number of aromatic amines is 1. The van der Waals surface area contributed by atoms with Gasteiger partial charge in [-0.1, -0.05) is 18.2 Å². The summed E-state index contributed by atoms with van der Waals surface area (Å²) < 4.78 is 35.7. The summed E-state index contributed by atoms with van der Waals surface area (Å²) in [5.74, 6) is -0.0726. The number of imidazole rings is 1. The predicted molar refractivity (Wildman–Crippen MR) is 202 cm³/mol. The van der Waals surface area contributed by atoms with Crippen molar-refractivity contribution in [3.8, 4) is 17.6 Å². The number of ether oxygens (including phenoxy) is 3. The van der Waals surface area contributed by atoms with E-state index in [1.807, 2.05) is 68.4 Å². The Morgan fingerprint density at radius 2 is 2.00 bits per heavy atom. The van der Waals surface area contributed by atoms with Crippen LogP contribution in [-0.2, 0) is 23.6 Å². The van der Waals surface area contributed by atoms with E-state index >= 15 is 4.39 Å². The second-order valence-corrected chi connectivity index (χ2v) is 14.4. The molecule has 2 unspecified atom stereocenters. The molecular formula is C42H38FN7O4. The lowest BCUT2D eigenvalue weighted by molar-refractivity contribution is -0.0708. The number of carbonyl (C=O) groups is 1. The summed E-state index contributed by atoms with van der Waals surface area (Å²) in [6, 6.07) is 21.6. The molecule has 1 fully saturated rings. The van der Waals surface area contributed by atoms with Crippen molar-refractivity contribution in [2.45, 2.75) is 58.6 Å². The van der Waals surface area contributed by atoms with Crippen molar-refractivity contribution in [3.63, 3.8) is 0 Å².